The van der Waals surface area contributed by atoms with Gasteiger partial charge in [-0.2, -0.15) is 5.10 Å². The molecule has 1 aromatic heterocycles. The fourth-order valence-electron chi connectivity index (χ4n) is 3.15. The molecule has 8 heteroatoms. The van der Waals surface area contributed by atoms with Gasteiger partial charge in [0.15, 0.2) is 0 Å². The van der Waals surface area contributed by atoms with Crippen LogP contribution in [0.2, 0.25) is 5.02 Å². The van der Waals surface area contributed by atoms with Crippen LogP contribution in [0.15, 0.2) is 36.7 Å². The molecule has 7 nitrogen and oxygen atoms in total. The van der Waals surface area contributed by atoms with Crippen LogP contribution in [0, 0.1) is 0 Å². The molecule has 0 aliphatic carbocycles. The van der Waals surface area contributed by atoms with Crippen molar-refractivity contribution in [2.75, 3.05) is 18.4 Å². The highest BCUT2D eigenvalue weighted by Gasteiger charge is 2.29. The van der Waals surface area contributed by atoms with Gasteiger partial charge in [0.25, 0.3) is 5.91 Å². The molecule has 0 saturated carbocycles. The van der Waals surface area contributed by atoms with Gasteiger partial charge in [-0.1, -0.05) is 11.6 Å². The van der Waals surface area contributed by atoms with Crippen molar-refractivity contribution in [1.82, 2.24) is 20.0 Å². The summed E-state index contributed by atoms with van der Waals surface area (Å²) in [5.41, 5.74) is 0.895. The third-order valence-electron chi connectivity index (χ3n) is 4.39. The van der Waals surface area contributed by atoms with Gasteiger partial charge in [-0.05, 0) is 44.0 Å². The summed E-state index contributed by atoms with van der Waals surface area (Å²) in [5, 5.41) is 10.2. The first-order valence-electron chi connectivity index (χ1n) is 8.71. The van der Waals surface area contributed by atoms with E-state index in [1.165, 1.54) is 0 Å². The molecule has 1 saturated heterocycles. The van der Waals surface area contributed by atoms with E-state index in [1.54, 1.807) is 24.4 Å². The van der Waals surface area contributed by atoms with Crippen molar-refractivity contribution in [3.05, 3.63) is 47.2 Å². The number of anilines is 1. The molecule has 3 rings (SSSR count). The van der Waals surface area contributed by atoms with Crippen molar-refractivity contribution in [2.24, 2.45) is 0 Å². The lowest BCUT2D eigenvalue weighted by Crippen LogP contribution is -2.40. The summed E-state index contributed by atoms with van der Waals surface area (Å²) in [6.45, 7) is 3.72. The third kappa shape index (κ3) is 4.16. The summed E-state index contributed by atoms with van der Waals surface area (Å²) in [5.74, 6) is -0.258. The molecule has 0 spiro atoms. The van der Waals surface area contributed by atoms with Gasteiger partial charge in [0.05, 0.1) is 23.2 Å². The van der Waals surface area contributed by atoms with Gasteiger partial charge in [0, 0.05) is 31.2 Å². The van der Waals surface area contributed by atoms with Crippen molar-refractivity contribution < 1.29 is 9.59 Å². The van der Waals surface area contributed by atoms with E-state index in [9.17, 15) is 9.59 Å². The van der Waals surface area contributed by atoms with E-state index in [0.29, 0.717) is 35.9 Å². The minimum atomic E-state index is -0.258. The number of likely N-dealkylation sites (tertiary alicyclic amines) is 1. The molecule has 0 bridgehead atoms. The van der Waals surface area contributed by atoms with E-state index in [1.807, 2.05) is 28.8 Å². The second-order valence-corrected chi connectivity index (χ2v) is 6.61. The maximum absolute atomic E-state index is 12.7. The summed E-state index contributed by atoms with van der Waals surface area (Å²) in [4.78, 5) is 26.6. The van der Waals surface area contributed by atoms with E-state index >= 15 is 0 Å². The summed E-state index contributed by atoms with van der Waals surface area (Å²) in [7, 11) is 0. The minimum absolute atomic E-state index is 0.102. The Balaban J connectivity index is 1.69. The first kappa shape index (κ1) is 18.3. The van der Waals surface area contributed by atoms with Crippen LogP contribution in [0.5, 0.6) is 0 Å². The molecule has 1 aliphatic heterocycles. The van der Waals surface area contributed by atoms with Crippen LogP contribution in [0.4, 0.5) is 10.5 Å². The van der Waals surface area contributed by atoms with Gasteiger partial charge < -0.3 is 15.5 Å². The number of hydrogen-bond donors (Lipinski definition) is 2. The quantitative estimate of drug-likeness (QED) is 0.843. The van der Waals surface area contributed by atoms with Crippen molar-refractivity contribution >= 4 is 29.2 Å². The maximum atomic E-state index is 12.7. The predicted octanol–water partition coefficient (Wildman–Crippen LogP) is 2.98. The van der Waals surface area contributed by atoms with Crippen LogP contribution < -0.4 is 10.6 Å². The Kier molecular flexibility index (Phi) is 5.78. The van der Waals surface area contributed by atoms with Crippen LogP contribution in [-0.4, -0.2) is 45.8 Å². The number of urea groups is 1. The highest BCUT2D eigenvalue weighted by atomic mass is 35.5. The highest BCUT2D eigenvalue weighted by molar-refractivity contribution is 6.34. The molecular formula is C18H22ClN5O2. The minimum Gasteiger partial charge on any atom is -0.352 e. The third-order valence-corrected chi connectivity index (χ3v) is 4.72. The first-order valence-corrected chi connectivity index (χ1v) is 9.09. The summed E-state index contributed by atoms with van der Waals surface area (Å²) >= 11 is 6.10. The molecular weight excluding hydrogens is 354 g/mol. The van der Waals surface area contributed by atoms with Crippen molar-refractivity contribution in [3.63, 3.8) is 0 Å². The smallest absolute Gasteiger partial charge is 0.322 e. The summed E-state index contributed by atoms with van der Waals surface area (Å²) < 4.78 is 1.84. The Morgan fingerprint density at radius 3 is 2.96 bits per heavy atom. The molecule has 26 heavy (non-hydrogen) atoms. The average molecular weight is 376 g/mol. The Morgan fingerprint density at radius 1 is 1.38 bits per heavy atom. The highest BCUT2D eigenvalue weighted by Crippen LogP contribution is 2.23. The number of carbonyl (C=O) groups is 2. The number of aromatic nitrogens is 2. The molecule has 138 valence electrons. The first-order chi connectivity index (χ1) is 12.6. The Morgan fingerprint density at radius 2 is 2.23 bits per heavy atom. The number of rotatable bonds is 5. The SMILES string of the molecule is CCNC(=O)c1cc(NC(=O)N2CCC[C@H]2Cn2cccn2)ccc1Cl. The van der Waals surface area contributed by atoms with E-state index in [4.69, 9.17) is 11.6 Å². The van der Waals surface area contributed by atoms with E-state index in [-0.39, 0.29) is 18.0 Å². The number of benzene rings is 1. The van der Waals surface area contributed by atoms with E-state index in [0.717, 1.165) is 12.8 Å². The van der Waals surface area contributed by atoms with Gasteiger partial charge in [0.1, 0.15) is 0 Å². The van der Waals surface area contributed by atoms with Crippen molar-refractivity contribution in [2.45, 2.75) is 32.4 Å². The molecule has 0 unspecified atom stereocenters. The fourth-order valence-corrected chi connectivity index (χ4v) is 3.35. The van der Waals surface area contributed by atoms with Crippen LogP contribution in [0.3, 0.4) is 0 Å². The number of nitrogens with zero attached hydrogens (tertiary/aromatic N) is 3. The summed E-state index contributed by atoms with van der Waals surface area (Å²) in [6, 6.07) is 6.71. The Bertz CT molecular complexity index is 778. The number of carbonyl (C=O) groups excluding carboxylic acids is 2. The van der Waals surface area contributed by atoms with Gasteiger partial charge in [-0.3, -0.25) is 9.48 Å². The lowest BCUT2D eigenvalue weighted by molar-refractivity contribution is 0.0956. The molecule has 2 aromatic rings. The number of nitrogens with one attached hydrogen (secondary N) is 2. The molecule has 2 N–H and O–H groups in total. The lowest BCUT2D eigenvalue weighted by atomic mass is 10.2. The molecule has 1 atom stereocenters. The molecule has 1 aromatic carbocycles. The van der Waals surface area contributed by atoms with Gasteiger partial charge in [-0.15, -0.1) is 0 Å². The number of halogens is 1. The van der Waals surface area contributed by atoms with Crippen molar-refractivity contribution in [1.29, 1.82) is 0 Å². The van der Waals surface area contributed by atoms with Gasteiger partial charge in [0.2, 0.25) is 0 Å². The van der Waals surface area contributed by atoms with Crippen LogP contribution in [0.1, 0.15) is 30.1 Å². The molecule has 2 heterocycles. The van der Waals surface area contributed by atoms with Crippen LogP contribution in [0.25, 0.3) is 0 Å². The maximum Gasteiger partial charge on any atom is 0.322 e. The van der Waals surface area contributed by atoms with Gasteiger partial charge in [-0.25, -0.2) is 4.79 Å². The molecule has 3 amide bonds. The monoisotopic (exact) mass is 375 g/mol. The zero-order chi connectivity index (χ0) is 18.5. The standard InChI is InChI=1S/C18H22ClN5O2/c1-2-20-17(25)15-11-13(6-7-16(15)19)22-18(26)24-10-3-5-14(24)12-23-9-4-8-21-23/h4,6-9,11,14H,2-3,5,10,12H2,1H3,(H,20,25)(H,22,26)/t14-/m0/s1. The van der Waals surface area contributed by atoms with Crippen LogP contribution >= 0.6 is 11.6 Å². The summed E-state index contributed by atoms with van der Waals surface area (Å²) in [6.07, 6.45) is 5.53. The average Bonchev–Trinajstić information content (AvgIpc) is 3.29. The normalized spacial score (nSPS) is 16.5. The molecule has 0 radical (unpaired) electrons. The second-order valence-electron chi connectivity index (χ2n) is 6.20. The van der Waals surface area contributed by atoms with E-state index < -0.39 is 0 Å². The largest absolute Gasteiger partial charge is 0.352 e. The fraction of sp³-hybridized carbons (Fsp3) is 0.389. The topological polar surface area (TPSA) is 79.3 Å². The van der Waals surface area contributed by atoms with E-state index in [2.05, 4.69) is 15.7 Å². The van der Waals surface area contributed by atoms with Crippen molar-refractivity contribution in [3.8, 4) is 0 Å². The second kappa shape index (κ2) is 8.23. The molecule has 1 fully saturated rings. The lowest BCUT2D eigenvalue weighted by Gasteiger charge is -2.25. The zero-order valence-electron chi connectivity index (χ0n) is 14.6. The Hall–Kier alpha value is -2.54. The Labute approximate surface area is 157 Å². The number of hydrogen-bond acceptors (Lipinski definition) is 3. The van der Waals surface area contributed by atoms with Gasteiger partial charge >= 0.3 is 6.03 Å². The molecule has 1 aliphatic rings. The number of amides is 3. The van der Waals surface area contributed by atoms with Crippen LogP contribution in [-0.2, 0) is 6.54 Å². The predicted molar refractivity (Wildman–Crippen MR) is 100 cm³/mol. The zero-order valence-corrected chi connectivity index (χ0v) is 15.4.